The summed E-state index contributed by atoms with van der Waals surface area (Å²) in [4.78, 5) is 2.24. The third kappa shape index (κ3) is 2.10. The first kappa shape index (κ1) is 14.8. The van der Waals surface area contributed by atoms with Crippen molar-refractivity contribution in [1.29, 1.82) is 0 Å². The van der Waals surface area contributed by atoms with Gasteiger partial charge in [0.1, 0.15) is 0 Å². The lowest BCUT2D eigenvalue weighted by Crippen LogP contribution is -2.23. The predicted molar refractivity (Wildman–Crippen MR) is 97.3 cm³/mol. The maximum atomic E-state index is 6.07. The molecule has 2 aromatic carbocycles. The quantitative estimate of drug-likeness (QED) is 0.571. The van der Waals surface area contributed by atoms with Gasteiger partial charge in [0.05, 0.1) is 5.56 Å². The van der Waals surface area contributed by atoms with E-state index in [0.29, 0.717) is 0 Å². The Hall–Kier alpha value is -2.75. The summed E-state index contributed by atoms with van der Waals surface area (Å²) < 4.78 is 5.78. The molecule has 1 aliphatic carbocycles. The maximum absolute atomic E-state index is 6.07. The molecule has 0 bridgehead atoms. The van der Waals surface area contributed by atoms with Crippen LogP contribution in [0, 0.1) is 0 Å². The number of nitrogens with two attached hydrogens (primary N) is 1. The second kappa shape index (κ2) is 5.71. The van der Waals surface area contributed by atoms with E-state index in [1.165, 1.54) is 11.1 Å². The molecular formula is C20H21N3O. The molecule has 4 rings (SSSR count). The first-order valence-corrected chi connectivity index (χ1v) is 8.43. The molecule has 1 heterocycles. The van der Waals surface area contributed by atoms with Crippen molar-refractivity contribution in [3.8, 4) is 11.3 Å². The second-order valence-corrected chi connectivity index (χ2v) is 6.11. The first-order valence-electron chi connectivity index (χ1n) is 8.43. The number of hydrogen-bond acceptors (Lipinski definition) is 4. The zero-order chi connectivity index (χ0) is 16.7. The molecule has 0 saturated carbocycles. The summed E-state index contributed by atoms with van der Waals surface area (Å²) in [5, 5.41) is 4.40. The lowest BCUT2D eigenvalue weighted by atomic mass is 9.89. The zero-order valence-electron chi connectivity index (χ0n) is 14.0. The largest absolute Gasteiger partial charge is 0.399 e. The molecule has 4 nitrogen and oxygen atoms in total. The van der Waals surface area contributed by atoms with Crippen molar-refractivity contribution < 1.29 is 4.52 Å². The van der Waals surface area contributed by atoms with Crippen LogP contribution in [0.1, 0.15) is 36.5 Å². The average Bonchev–Trinajstić information content (AvgIpc) is 3.15. The second-order valence-electron chi connectivity index (χ2n) is 6.11. The molecule has 3 aromatic rings. The van der Waals surface area contributed by atoms with Crippen LogP contribution in [0.2, 0.25) is 0 Å². The summed E-state index contributed by atoms with van der Waals surface area (Å²) in [6.45, 7) is 6.08. The molecule has 2 N–H and O–H groups in total. The number of anilines is 2. The smallest absolute Gasteiger partial charge is 0.176 e. The van der Waals surface area contributed by atoms with E-state index in [1.54, 1.807) is 0 Å². The van der Waals surface area contributed by atoms with Crippen molar-refractivity contribution in [3.05, 3.63) is 65.2 Å². The van der Waals surface area contributed by atoms with Crippen molar-refractivity contribution in [2.24, 2.45) is 0 Å². The lowest BCUT2D eigenvalue weighted by molar-refractivity contribution is 0.432. The van der Waals surface area contributed by atoms with E-state index in [-0.39, 0.29) is 5.92 Å². The molecule has 1 atom stereocenters. The predicted octanol–water partition coefficient (Wildman–Crippen LogP) is 4.26. The van der Waals surface area contributed by atoms with Gasteiger partial charge in [-0.1, -0.05) is 35.5 Å². The molecule has 4 heteroatoms. The molecule has 122 valence electrons. The van der Waals surface area contributed by atoms with Crippen molar-refractivity contribution >= 4 is 11.5 Å². The normalized spacial score (nSPS) is 15.2. The third-order valence-electron chi connectivity index (χ3n) is 4.82. The van der Waals surface area contributed by atoms with Gasteiger partial charge in [-0.25, -0.2) is 0 Å². The summed E-state index contributed by atoms with van der Waals surface area (Å²) in [6.07, 6.45) is 0. The minimum absolute atomic E-state index is 0.113. The Balaban J connectivity index is 1.97. The van der Waals surface area contributed by atoms with Crippen LogP contribution < -0.4 is 10.6 Å². The number of nitrogen functional groups attached to an aromatic ring is 1. The van der Waals surface area contributed by atoms with Crippen molar-refractivity contribution in [2.75, 3.05) is 23.7 Å². The van der Waals surface area contributed by atoms with E-state index in [9.17, 15) is 0 Å². The van der Waals surface area contributed by atoms with E-state index in [1.807, 2.05) is 18.2 Å². The van der Waals surface area contributed by atoms with Crippen LogP contribution in [-0.2, 0) is 0 Å². The summed E-state index contributed by atoms with van der Waals surface area (Å²) in [5.74, 6) is 1.93. The fourth-order valence-corrected chi connectivity index (χ4v) is 3.67. The molecule has 1 aromatic heterocycles. The minimum Gasteiger partial charge on any atom is -0.399 e. The summed E-state index contributed by atoms with van der Waals surface area (Å²) in [5.41, 5.74) is 11.5. The van der Waals surface area contributed by atoms with Crippen molar-refractivity contribution in [2.45, 2.75) is 19.8 Å². The number of benzene rings is 2. The van der Waals surface area contributed by atoms with Crippen LogP contribution in [-0.4, -0.2) is 18.2 Å². The highest BCUT2D eigenvalue weighted by Gasteiger charge is 2.38. The molecule has 1 aliphatic rings. The molecule has 0 radical (unpaired) electrons. The Bertz CT molecular complexity index is 866. The number of rotatable bonds is 4. The highest BCUT2D eigenvalue weighted by atomic mass is 16.5. The number of aromatic nitrogens is 1. The maximum Gasteiger partial charge on any atom is 0.176 e. The highest BCUT2D eigenvalue weighted by Crippen LogP contribution is 2.52. The van der Waals surface area contributed by atoms with Crippen LogP contribution in [0.15, 0.2) is 53.1 Å². The SMILES string of the molecule is CCN(CC)c1noc2c1C(c1ccccc1)c1cc(N)ccc1-2. The van der Waals surface area contributed by atoms with Gasteiger partial charge >= 0.3 is 0 Å². The average molecular weight is 319 g/mol. The summed E-state index contributed by atoms with van der Waals surface area (Å²) in [6, 6.07) is 16.5. The third-order valence-corrected chi connectivity index (χ3v) is 4.82. The number of fused-ring (bicyclic) bond motifs is 3. The fraction of sp³-hybridized carbons (Fsp3) is 0.250. The molecule has 0 spiro atoms. The van der Waals surface area contributed by atoms with Crippen LogP contribution in [0.3, 0.4) is 0 Å². The van der Waals surface area contributed by atoms with Crippen molar-refractivity contribution in [1.82, 2.24) is 5.16 Å². The van der Waals surface area contributed by atoms with Crippen LogP contribution >= 0.6 is 0 Å². The van der Waals surface area contributed by atoms with Gasteiger partial charge in [-0.3, -0.25) is 0 Å². The molecule has 1 unspecified atom stereocenters. The van der Waals surface area contributed by atoms with Gasteiger partial charge in [0.25, 0.3) is 0 Å². The number of hydrogen-bond donors (Lipinski definition) is 1. The summed E-state index contributed by atoms with van der Waals surface area (Å²) in [7, 11) is 0. The monoisotopic (exact) mass is 319 g/mol. The fourth-order valence-electron chi connectivity index (χ4n) is 3.67. The molecule has 0 saturated heterocycles. The van der Waals surface area contributed by atoms with Gasteiger partial charge in [0.2, 0.25) is 0 Å². The molecule has 0 aliphatic heterocycles. The van der Waals surface area contributed by atoms with E-state index in [4.69, 9.17) is 10.3 Å². The van der Waals surface area contributed by atoms with Crippen LogP contribution in [0.5, 0.6) is 0 Å². The topological polar surface area (TPSA) is 55.3 Å². The Morgan fingerprint density at radius 2 is 1.83 bits per heavy atom. The van der Waals surface area contributed by atoms with E-state index in [2.05, 4.69) is 54.2 Å². The first-order chi connectivity index (χ1) is 11.7. The van der Waals surface area contributed by atoms with Gasteiger partial charge in [-0.2, -0.15) is 0 Å². The van der Waals surface area contributed by atoms with Crippen molar-refractivity contribution in [3.63, 3.8) is 0 Å². The van der Waals surface area contributed by atoms with Gasteiger partial charge < -0.3 is 15.2 Å². The van der Waals surface area contributed by atoms with Gasteiger partial charge in [-0.15, -0.1) is 0 Å². The zero-order valence-corrected chi connectivity index (χ0v) is 14.0. The Morgan fingerprint density at radius 3 is 2.54 bits per heavy atom. The number of nitrogens with zero attached hydrogens (tertiary/aromatic N) is 2. The van der Waals surface area contributed by atoms with Crippen LogP contribution in [0.4, 0.5) is 11.5 Å². The van der Waals surface area contributed by atoms with E-state index in [0.717, 1.165) is 41.5 Å². The van der Waals surface area contributed by atoms with E-state index < -0.39 is 0 Å². The lowest BCUT2D eigenvalue weighted by Gasteiger charge is -2.21. The highest BCUT2D eigenvalue weighted by molar-refractivity contribution is 5.82. The van der Waals surface area contributed by atoms with Gasteiger partial charge in [-0.05, 0) is 43.2 Å². The van der Waals surface area contributed by atoms with E-state index >= 15 is 0 Å². The summed E-state index contributed by atoms with van der Waals surface area (Å²) >= 11 is 0. The van der Waals surface area contributed by atoms with Gasteiger partial charge in [0, 0.05) is 30.3 Å². The standard InChI is InChI=1S/C20H21N3O/c1-3-23(4-2)20-18-17(13-8-6-5-7-9-13)16-12-14(21)10-11-15(16)19(18)24-22-20/h5-12,17H,3-4,21H2,1-2H3. The molecule has 0 amide bonds. The van der Waals surface area contributed by atoms with Gasteiger partial charge in [0.15, 0.2) is 11.6 Å². The molecule has 0 fully saturated rings. The minimum atomic E-state index is 0.113. The van der Waals surface area contributed by atoms with Crippen LogP contribution in [0.25, 0.3) is 11.3 Å². The Kier molecular flexibility index (Phi) is 3.53. The Morgan fingerprint density at radius 1 is 1.08 bits per heavy atom. The molecular weight excluding hydrogens is 298 g/mol. The molecule has 24 heavy (non-hydrogen) atoms. The Labute approximate surface area is 141 Å².